The Hall–Kier alpha value is -3.23. The van der Waals surface area contributed by atoms with E-state index in [1.54, 1.807) is 12.4 Å². The van der Waals surface area contributed by atoms with E-state index >= 15 is 0 Å². The van der Waals surface area contributed by atoms with Crippen molar-refractivity contribution in [3.63, 3.8) is 0 Å². The van der Waals surface area contributed by atoms with Crippen LogP contribution < -0.4 is 16.4 Å². The van der Waals surface area contributed by atoms with Crippen LogP contribution in [0.1, 0.15) is 20.9 Å². The second kappa shape index (κ2) is 9.72. The van der Waals surface area contributed by atoms with Crippen molar-refractivity contribution in [3.05, 3.63) is 71.1 Å². The molecule has 0 unspecified atom stereocenters. The summed E-state index contributed by atoms with van der Waals surface area (Å²) in [4.78, 5) is 24.1. The Balaban J connectivity index is 1.41. The molecule has 1 aromatic carbocycles. The minimum atomic E-state index is 0.0720. The smallest absolute Gasteiger partial charge is 0.264 e. The second-order valence-electron chi connectivity index (χ2n) is 7.34. The number of nitrogens with one attached hydrogen (secondary N) is 2. The fourth-order valence-corrected chi connectivity index (χ4v) is 4.51. The molecule has 1 aliphatic rings. The van der Waals surface area contributed by atoms with E-state index in [9.17, 15) is 4.79 Å². The molecule has 4 N–H and O–H groups in total. The first-order valence-electron chi connectivity index (χ1n) is 10.3. The van der Waals surface area contributed by atoms with E-state index < -0.39 is 0 Å². The van der Waals surface area contributed by atoms with E-state index in [-0.39, 0.29) is 5.91 Å². The molecule has 2 aromatic heterocycles. The van der Waals surface area contributed by atoms with Crippen LogP contribution in [0.15, 0.2) is 60.0 Å². The van der Waals surface area contributed by atoms with Gasteiger partial charge in [-0.1, -0.05) is 12.6 Å². The molecule has 3 aromatic rings. The molecule has 0 spiro atoms. The number of thiophene rings is 1. The van der Waals surface area contributed by atoms with Crippen LogP contribution in [0.25, 0.3) is 10.1 Å². The average Bonchev–Trinajstić information content (AvgIpc) is 3.25. The Kier molecular flexibility index (Phi) is 6.59. The highest BCUT2D eigenvalue weighted by molar-refractivity contribution is 7.20. The normalized spacial score (nSPS) is 14.3. The fraction of sp³-hybridized carbons (Fsp3) is 0.261. The Morgan fingerprint density at radius 1 is 1.32 bits per heavy atom. The number of nitrogen functional groups attached to an aromatic ring is 1. The molecular weight excluding hydrogens is 408 g/mol. The number of benzene rings is 1. The second-order valence-corrected chi connectivity index (χ2v) is 8.42. The summed E-state index contributed by atoms with van der Waals surface area (Å²) in [5.41, 5.74) is 8.84. The number of nitrogens with two attached hydrogens (primary N) is 1. The zero-order valence-corrected chi connectivity index (χ0v) is 18.1. The number of hydrogen-bond donors (Lipinski definition) is 3. The molecule has 7 nitrogen and oxygen atoms in total. The maximum absolute atomic E-state index is 12.8. The van der Waals surface area contributed by atoms with Gasteiger partial charge in [0.15, 0.2) is 0 Å². The topological polar surface area (TPSA) is 95.6 Å². The van der Waals surface area contributed by atoms with E-state index in [1.807, 2.05) is 41.3 Å². The van der Waals surface area contributed by atoms with Gasteiger partial charge in [-0.05, 0) is 30.3 Å². The third-order valence-corrected chi connectivity index (χ3v) is 6.28. The summed E-state index contributed by atoms with van der Waals surface area (Å²) < 4.78 is 1.00. The zero-order valence-electron chi connectivity index (χ0n) is 17.3. The number of amides is 1. The molecule has 31 heavy (non-hydrogen) atoms. The first kappa shape index (κ1) is 21.0. The molecule has 1 saturated heterocycles. The van der Waals surface area contributed by atoms with Crippen molar-refractivity contribution in [2.75, 3.05) is 38.5 Å². The van der Waals surface area contributed by atoms with Crippen molar-refractivity contribution in [1.82, 2.24) is 20.5 Å². The standard InChI is InChI=1S/C23H26N6OS/c1-16(26-9-7-18-4-2-3-8-27-18)28-15-17-5-6-20-19(22(17)24)14-21(31-20)23(30)29-12-10-25-11-13-29/h2-6,8,14-15,25-26H,1,7,9-13,24H2. The Bertz CT molecular complexity index is 1100. The molecule has 160 valence electrons. The number of fused-ring (bicyclic) bond motifs is 1. The monoisotopic (exact) mass is 434 g/mol. The summed E-state index contributed by atoms with van der Waals surface area (Å²) in [6.07, 6.45) is 4.29. The van der Waals surface area contributed by atoms with Crippen molar-refractivity contribution < 1.29 is 4.79 Å². The summed E-state index contributed by atoms with van der Waals surface area (Å²) in [5.74, 6) is 0.637. The fourth-order valence-electron chi connectivity index (χ4n) is 3.47. The van der Waals surface area contributed by atoms with Crippen LogP contribution in [0.2, 0.25) is 0 Å². The highest BCUT2D eigenvalue weighted by Gasteiger charge is 2.20. The lowest BCUT2D eigenvalue weighted by molar-refractivity contribution is 0.0741. The maximum atomic E-state index is 12.8. The van der Waals surface area contributed by atoms with Crippen molar-refractivity contribution >= 4 is 39.2 Å². The number of carbonyl (C=O) groups excluding carboxylic acids is 1. The van der Waals surface area contributed by atoms with Crippen LogP contribution in [0.5, 0.6) is 0 Å². The summed E-state index contributed by atoms with van der Waals surface area (Å²) >= 11 is 1.48. The predicted octanol–water partition coefficient (Wildman–Crippen LogP) is 2.65. The summed E-state index contributed by atoms with van der Waals surface area (Å²) in [5, 5.41) is 7.34. The lowest BCUT2D eigenvalue weighted by Gasteiger charge is -2.26. The predicted molar refractivity (Wildman–Crippen MR) is 128 cm³/mol. The first-order valence-corrected chi connectivity index (χ1v) is 11.1. The minimum Gasteiger partial charge on any atom is -0.398 e. The maximum Gasteiger partial charge on any atom is 0.264 e. The molecule has 0 bridgehead atoms. The Morgan fingerprint density at radius 3 is 2.94 bits per heavy atom. The van der Waals surface area contributed by atoms with E-state index in [4.69, 9.17) is 5.73 Å². The third kappa shape index (κ3) is 5.10. The highest BCUT2D eigenvalue weighted by Crippen LogP contribution is 2.32. The van der Waals surface area contributed by atoms with Gasteiger partial charge in [-0.3, -0.25) is 9.78 Å². The SMILES string of the molecule is C=C(N=Cc1ccc2sc(C(=O)N3CCNCC3)cc2c1N)NCCc1ccccn1. The lowest BCUT2D eigenvalue weighted by atomic mass is 10.1. The van der Waals surface area contributed by atoms with Crippen LogP contribution in [-0.2, 0) is 6.42 Å². The summed E-state index contributed by atoms with van der Waals surface area (Å²) in [6, 6.07) is 11.7. The molecule has 1 fully saturated rings. The van der Waals surface area contributed by atoms with E-state index in [2.05, 4.69) is 27.2 Å². The van der Waals surface area contributed by atoms with Crippen molar-refractivity contribution in [2.24, 2.45) is 4.99 Å². The van der Waals surface area contributed by atoms with Crippen molar-refractivity contribution in [3.8, 4) is 0 Å². The van der Waals surface area contributed by atoms with Gasteiger partial charge in [-0.2, -0.15) is 0 Å². The Morgan fingerprint density at radius 2 is 2.16 bits per heavy atom. The van der Waals surface area contributed by atoms with Gasteiger partial charge in [0.2, 0.25) is 0 Å². The molecular formula is C23H26N6OS. The molecule has 1 aliphatic heterocycles. The van der Waals surface area contributed by atoms with Crippen LogP contribution in [0.3, 0.4) is 0 Å². The number of aromatic nitrogens is 1. The number of pyridine rings is 1. The van der Waals surface area contributed by atoms with Gasteiger partial charge >= 0.3 is 0 Å². The number of anilines is 1. The van der Waals surface area contributed by atoms with Crippen LogP contribution in [-0.4, -0.2) is 54.7 Å². The minimum absolute atomic E-state index is 0.0720. The van der Waals surface area contributed by atoms with E-state index in [0.717, 1.165) is 58.8 Å². The van der Waals surface area contributed by atoms with Crippen LogP contribution >= 0.6 is 11.3 Å². The average molecular weight is 435 g/mol. The van der Waals surface area contributed by atoms with Crippen molar-refractivity contribution in [2.45, 2.75) is 6.42 Å². The van der Waals surface area contributed by atoms with Gasteiger partial charge in [-0.25, -0.2) is 4.99 Å². The molecule has 0 radical (unpaired) electrons. The number of hydrogen-bond acceptors (Lipinski definition) is 7. The number of rotatable bonds is 7. The molecule has 1 amide bonds. The van der Waals surface area contributed by atoms with Gasteiger partial charge in [0.1, 0.15) is 5.82 Å². The molecule has 0 atom stereocenters. The quantitative estimate of drug-likeness (QED) is 0.392. The molecule has 4 rings (SSSR count). The van der Waals surface area contributed by atoms with Crippen LogP contribution in [0.4, 0.5) is 5.69 Å². The number of nitrogens with zero attached hydrogens (tertiary/aromatic N) is 3. The molecule has 3 heterocycles. The zero-order chi connectivity index (χ0) is 21.6. The van der Waals surface area contributed by atoms with Crippen LogP contribution in [0, 0.1) is 0 Å². The largest absolute Gasteiger partial charge is 0.398 e. The first-order chi connectivity index (χ1) is 15.1. The van der Waals surface area contributed by atoms with E-state index in [0.29, 0.717) is 18.1 Å². The van der Waals surface area contributed by atoms with Crippen molar-refractivity contribution in [1.29, 1.82) is 0 Å². The van der Waals surface area contributed by atoms with Gasteiger partial charge in [0.25, 0.3) is 5.91 Å². The molecule has 0 aliphatic carbocycles. The Labute approximate surface area is 185 Å². The number of carbonyl (C=O) groups is 1. The summed E-state index contributed by atoms with van der Waals surface area (Å²) in [7, 11) is 0. The molecule has 0 saturated carbocycles. The molecule has 8 heteroatoms. The van der Waals surface area contributed by atoms with Gasteiger partial charge in [0.05, 0.1) is 4.88 Å². The van der Waals surface area contributed by atoms with Gasteiger partial charge in [-0.15, -0.1) is 11.3 Å². The lowest BCUT2D eigenvalue weighted by Crippen LogP contribution is -2.46. The highest BCUT2D eigenvalue weighted by atomic mass is 32.1. The third-order valence-electron chi connectivity index (χ3n) is 5.19. The van der Waals surface area contributed by atoms with Gasteiger partial charge < -0.3 is 21.3 Å². The van der Waals surface area contributed by atoms with Gasteiger partial charge in [0, 0.05) is 78.6 Å². The van der Waals surface area contributed by atoms with E-state index in [1.165, 1.54) is 11.3 Å². The number of piperazine rings is 1. The number of aliphatic imine (C=N–C) groups is 1. The summed E-state index contributed by atoms with van der Waals surface area (Å²) in [6.45, 7) is 7.78.